The minimum atomic E-state index is -0.205. The third kappa shape index (κ3) is 4.21. The van der Waals surface area contributed by atoms with Crippen molar-refractivity contribution in [3.63, 3.8) is 0 Å². The number of halogens is 2. The Labute approximate surface area is 169 Å². The van der Waals surface area contributed by atoms with Crippen LogP contribution in [0.15, 0.2) is 42.7 Å². The average molecular weight is 405 g/mol. The van der Waals surface area contributed by atoms with Crippen LogP contribution >= 0.6 is 23.2 Å². The fourth-order valence-electron chi connectivity index (χ4n) is 4.27. The molecule has 3 fully saturated rings. The lowest BCUT2D eigenvalue weighted by Crippen LogP contribution is -2.64. The molecular formula is C20H22Cl2N4O. The lowest BCUT2D eigenvalue weighted by atomic mass is 9.77. The average Bonchev–Trinajstić information content (AvgIpc) is 2.68. The summed E-state index contributed by atoms with van der Waals surface area (Å²) in [5.41, 5.74) is 1.83. The van der Waals surface area contributed by atoms with Gasteiger partial charge in [-0.25, -0.2) is 4.79 Å². The summed E-state index contributed by atoms with van der Waals surface area (Å²) in [5.74, 6) is 0.510. The van der Waals surface area contributed by atoms with E-state index in [0.29, 0.717) is 27.7 Å². The largest absolute Gasteiger partial charge is 0.333 e. The van der Waals surface area contributed by atoms with Crippen LogP contribution in [0.1, 0.15) is 18.4 Å². The highest BCUT2D eigenvalue weighted by molar-refractivity contribution is 6.42. The van der Waals surface area contributed by atoms with Crippen molar-refractivity contribution in [3.8, 4) is 0 Å². The number of carbonyl (C=O) groups is 1. The van der Waals surface area contributed by atoms with Crippen LogP contribution in [-0.4, -0.2) is 41.1 Å². The second-order valence-electron chi connectivity index (χ2n) is 7.26. The van der Waals surface area contributed by atoms with Gasteiger partial charge in [-0.1, -0.05) is 29.3 Å². The topological polar surface area (TPSA) is 57.3 Å². The number of rotatable bonds is 4. The zero-order valence-electron chi connectivity index (χ0n) is 14.9. The van der Waals surface area contributed by atoms with Gasteiger partial charge in [0, 0.05) is 30.2 Å². The maximum Gasteiger partial charge on any atom is 0.319 e. The summed E-state index contributed by atoms with van der Waals surface area (Å²) < 4.78 is 0. The summed E-state index contributed by atoms with van der Waals surface area (Å²) in [6.07, 6.45) is 6.85. The molecular weight excluding hydrogens is 383 g/mol. The van der Waals surface area contributed by atoms with Crippen molar-refractivity contribution in [1.29, 1.82) is 0 Å². The number of pyridine rings is 1. The Morgan fingerprint density at radius 1 is 1.19 bits per heavy atom. The van der Waals surface area contributed by atoms with E-state index in [1.807, 2.05) is 12.3 Å². The van der Waals surface area contributed by atoms with Gasteiger partial charge in [-0.15, -0.1) is 0 Å². The quantitative estimate of drug-likeness (QED) is 0.801. The zero-order valence-corrected chi connectivity index (χ0v) is 16.4. The number of hydrogen-bond acceptors (Lipinski definition) is 3. The van der Waals surface area contributed by atoms with Gasteiger partial charge in [0.25, 0.3) is 0 Å². The van der Waals surface area contributed by atoms with Gasteiger partial charge in [-0.2, -0.15) is 0 Å². The lowest BCUT2D eigenvalue weighted by molar-refractivity contribution is 0.0184. The zero-order chi connectivity index (χ0) is 18.8. The van der Waals surface area contributed by atoms with Gasteiger partial charge in [0.05, 0.1) is 10.0 Å². The molecule has 2 aromatic rings. The molecule has 1 aromatic carbocycles. The number of aromatic nitrogens is 1. The summed E-state index contributed by atoms with van der Waals surface area (Å²) in [6, 6.07) is 9.36. The Balaban J connectivity index is 1.46. The second-order valence-corrected chi connectivity index (χ2v) is 8.07. The van der Waals surface area contributed by atoms with E-state index in [4.69, 9.17) is 23.2 Å². The first kappa shape index (κ1) is 18.5. The van der Waals surface area contributed by atoms with E-state index >= 15 is 0 Å². The number of hydrogen-bond donors (Lipinski definition) is 2. The van der Waals surface area contributed by atoms with Crippen LogP contribution in [0.5, 0.6) is 0 Å². The first-order valence-corrected chi connectivity index (χ1v) is 10.0. The molecule has 4 heterocycles. The number of urea groups is 1. The monoisotopic (exact) mass is 404 g/mol. The number of nitrogens with one attached hydrogen (secondary N) is 2. The van der Waals surface area contributed by atoms with Crippen molar-refractivity contribution in [2.75, 3.05) is 18.4 Å². The minimum absolute atomic E-state index is 0.121. The van der Waals surface area contributed by atoms with E-state index in [1.165, 1.54) is 5.56 Å². The molecule has 0 saturated carbocycles. The Morgan fingerprint density at radius 2 is 2.00 bits per heavy atom. The molecule has 0 radical (unpaired) electrons. The number of piperidine rings is 3. The maximum atomic E-state index is 12.6. The predicted octanol–water partition coefficient (Wildman–Crippen LogP) is 4.22. The number of amides is 2. The van der Waals surface area contributed by atoms with E-state index in [0.717, 1.165) is 32.4 Å². The molecule has 5 rings (SSSR count). The van der Waals surface area contributed by atoms with Crippen molar-refractivity contribution in [1.82, 2.24) is 15.2 Å². The molecule has 3 aliphatic heterocycles. The number of anilines is 1. The molecule has 7 heteroatoms. The Morgan fingerprint density at radius 3 is 2.70 bits per heavy atom. The van der Waals surface area contributed by atoms with E-state index in [1.54, 1.807) is 24.4 Å². The Kier molecular flexibility index (Phi) is 5.53. The van der Waals surface area contributed by atoms with Gasteiger partial charge in [-0.3, -0.25) is 9.88 Å². The molecule has 2 atom stereocenters. The molecule has 27 heavy (non-hydrogen) atoms. The second kappa shape index (κ2) is 8.05. The Bertz CT molecular complexity index is 809. The van der Waals surface area contributed by atoms with E-state index in [9.17, 15) is 4.79 Å². The first-order valence-electron chi connectivity index (χ1n) is 9.25. The molecule has 5 nitrogen and oxygen atoms in total. The van der Waals surface area contributed by atoms with Crippen LogP contribution in [-0.2, 0) is 6.42 Å². The van der Waals surface area contributed by atoms with Crippen LogP contribution in [0.25, 0.3) is 0 Å². The fourth-order valence-corrected chi connectivity index (χ4v) is 4.57. The molecule has 142 valence electrons. The molecule has 0 aliphatic carbocycles. The van der Waals surface area contributed by atoms with E-state index in [2.05, 4.69) is 26.6 Å². The standard InChI is InChI=1S/C20H22Cl2N4O/c21-16-4-3-15(11-17(16)22)24-20(27)25-19-14-5-8-26(9-6-14)18(19)10-13-2-1-7-23-12-13/h1-4,7,11-12,14,18-19H,5-6,8-10H2,(H2,24,25,27). The van der Waals surface area contributed by atoms with Crippen molar-refractivity contribution in [3.05, 3.63) is 58.3 Å². The highest BCUT2D eigenvalue weighted by Crippen LogP contribution is 2.34. The van der Waals surface area contributed by atoms with E-state index < -0.39 is 0 Å². The molecule has 3 saturated heterocycles. The molecule has 3 aliphatic rings. The molecule has 2 N–H and O–H groups in total. The lowest BCUT2D eigenvalue weighted by Gasteiger charge is -2.51. The smallest absolute Gasteiger partial charge is 0.319 e. The van der Waals surface area contributed by atoms with Crippen molar-refractivity contribution in [2.45, 2.75) is 31.3 Å². The van der Waals surface area contributed by atoms with Crippen LogP contribution in [0.4, 0.5) is 10.5 Å². The summed E-state index contributed by atoms with van der Waals surface area (Å²) in [5, 5.41) is 6.98. The highest BCUT2D eigenvalue weighted by atomic mass is 35.5. The molecule has 2 unspecified atom stereocenters. The van der Waals surface area contributed by atoms with Crippen molar-refractivity contribution < 1.29 is 4.79 Å². The molecule has 2 bridgehead atoms. The summed E-state index contributed by atoms with van der Waals surface area (Å²) in [4.78, 5) is 19.3. The maximum absolute atomic E-state index is 12.6. The summed E-state index contributed by atoms with van der Waals surface area (Å²) >= 11 is 12.0. The minimum Gasteiger partial charge on any atom is -0.333 e. The number of carbonyl (C=O) groups excluding carboxylic acids is 1. The third-order valence-corrected chi connectivity index (χ3v) is 6.35. The van der Waals surface area contributed by atoms with Gasteiger partial charge in [-0.05, 0) is 68.1 Å². The van der Waals surface area contributed by atoms with Gasteiger partial charge in [0.1, 0.15) is 0 Å². The van der Waals surface area contributed by atoms with Gasteiger partial charge in [0.15, 0.2) is 0 Å². The van der Waals surface area contributed by atoms with Gasteiger partial charge >= 0.3 is 6.03 Å². The molecule has 1 aromatic heterocycles. The van der Waals surface area contributed by atoms with Crippen LogP contribution in [0, 0.1) is 5.92 Å². The molecule has 2 amide bonds. The number of fused-ring (bicyclic) bond motifs is 3. The van der Waals surface area contributed by atoms with Gasteiger partial charge in [0.2, 0.25) is 0 Å². The normalized spacial score (nSPS) is 26.6. The fraction of sp³-hybridized carbons (Fsp3) is 0.400. The Hall–Kier alpha value is -1.82. The SMILES string of the molecule is O=C(Nc1ccc(Cl)c(Cl)c1)NC1C2CCN(CC2)C1Cc1cccnc1. The van der Waals surface area contributed by atoms with Crippen LogP contribution < -0.4 is 10.6 Å². The van der Waals surface area contributed by atoms with Crippen molar-refractivity contribution >= 4 is 34.9 Å². The first-order chi connectivity index (χ1) is 13.1. The number of benzene rings is 1. The predicted molar refractivity (Wildman–Crippen MR) is 108 cm³/mol. The van der Waals surface area contributed by atoms with Crippen LogP contribution in [0.2, 0.25) is 10.0 Å². The summed E-state index contributed by atoms with van der Waals surface area (Å²) in [7, 11) is 0. The van der Waals surface area contributed by atoms with E-state index in [-0.39, 0.29) is 12.1 Å². The van der Waals surface area contributed by atoms with Crippen molar-refractivity contribution in [2.24, 2.45) is 5.92 Å². The van der Waals surface area contributed by atoms with Gasteiger partial charge < -0.3 is 10.6 Å². The summed E-state index contributed by atoms with van der Waals surface area (Å²) in [6.45, 7) is 2.20. The molecule has 0 spiro atoms. The highest BCUT2D eigenvalue weighted by Gasteiger charge is 2.42. The third-order valence-electron chi connectivity index (χ3n) is 5.61. The number of nitrogens with zero attached hydrogens (tertiary/aromatic N) is 2. The van der Waals surface area contributed by atoms with Crippen LogP contribution in [0.3, 0.4) is 0 Å².